The minimum atomic E-state index is 0.0765. The Bertz CT molecular complexity index is 3390. The van der Waals surface area contributed by atoms with E-state index in [1.54, 1.807) is 0 Å². The first-order chi connectivity index (χ1) is 26.3. The van der Waals surface area contributed by atoms with Crippen LogP contribution in [-0.2, 0) is 0 Å². The lowest BCUT2D eigenvalue weighted by molar-refractivity contribution is 0.669. The van der Waals surface area contributed by atoms with E-state index in [2.05, 4.69) is 163 Å². The van der Waals surface area contributed by atoms with Gasteiger partial charge in [-0.15, -0.1) is 11.3 Å². The van der Waals surface area contributed by atoms with E-state index >= 15 is 0 Å². The third kappa shape index (κ3) is 3.60. The molecule has 2 aliphatic rings. The molecule has 0 saturated carbocycles. The van der Waals surface area contributed by atoms with Gasteiger partial charge in [-0.2, -0.15) is 0 Å². The van der Waals surface area contributed by atoms with Crippen molar-refractivity contribution in [1.82, 2.24) is 0 Å². The summed E-state index contributed by atoms with van der Waals surface area (Å²) in [6.07, 6.45) is 0. The van der Waals surface area contributed by atoms with Gasteiger partial charge in [0.25, 0.3) is 0 Å². The van der Waals surface area contributed by atoms with Gasteiger partial charge in [-0.25, -0.2) is 0 Å². The maximum atomic E-state index is 6.61. The Balaban J connectivity index is 1.22. The van der Waals surface area contributed by atoms with E-state index in [1.807, 2.05) is 11.3 Å². The summed E-state index contributed by atoms with van der Waals surface area (Å²) in [6, 6.07) is 57.4. The Morgan fingerprint density at radius 3 is 1.96 bits per heavy atom. The van der Waals surface area contributed by atoms with E-state index in [9.17, 15) is 0 Å². The fourth-order valence-corrected chi connectivity index (χ4v) is 10.7. The van der Waals surface area contributed by atoms with Crippen LogP contribution in [0.2, 0.25) is 0 Å². The van der Waals surface area contributed by atoms with Crippen LogP contribution in [0.15, 0.2) is 167 Å². The van der Waals surface area contributed by atoms with Gasteiger partial charge in [0.1, 0.15) is 22.3 Å². The van der Waals surface area contributed by atoms with Crippen molar-refractivity contribution in [1.29, 1.82) is 0 Å². The number of benzene rings is 8. The highest BCUT2D eigenvalue weighted by Gasteiger charge is 2.44. The Hall–Kier alpha value is -6.56. The highest BCUT2D eigenvalue weighted by Crippen LogP contribution is 2.51. The van der Waals surface area contributed by atoms with Crippen molar-refractivity contribution in [3.05, 3.63) is 158 Å². The molecule has 3 aromatic heterocycles. The maximum Gasteiger partial charge on any atom is 0.248 e. The van der Waals surface area contributed by atoms with E-state index in [0.717, 1.165) is 49.6 Å². The molecule has 53 heavy (non-hydrogen) atoms. The number of anilines is 3. The molecular weight excluding hydrogens is 665 g/mol. The molecule has 3 nitrogen and oxygen atoms in total. The number of hydrogen-bond acceptors (Lipinski definition) is 4. The molecule has 0 unspecified atom stereocenters. The molecule has 244 valence electrons. The summed E-state index contributed by atoms with van der Waals surface area (Å²) < 4.78 is 15.8. The number of hydrogen-bond donors (Lipinski definition) is 0. The SMILES string of the molecule is c1ccc2c(c1)B1c3ccc4oc5ccccc5c4c3N(c3cccc4oc5ccccc5c34)c3cc(-c4cccc5sc6ccccc6c45)cc-2c31. The topological polar surface area (TPSA) is 29.5 Å². The second-order valence-electron chi connectivity index (χ2n) is 14.3. The van der Waals surface area contributed by atoms with E-state index in [-0.39, 0.29) is 6.71 Å². The van der Waals surface area contributed by atoms with E-state index in [1.165, 1.54) is 70.2 Å². The lowest BCUT2D eigenvalue weighted by atomic mass is 9.37. The first-order valence-electron chi connectivity index (χ1n) is 18.1. The molecule has 0 N–H and O–H groups in total. The van der Waals surface area contributed by atoms with Gasteiger partial charge in [0, 0.05) is 36.6 Å². The Morgan fingerprint density at radius 1 is 0.434 bits per heavy atom. The normalized spacial score (nSPS) is 13.2. The van der Waals surface area contributed by atoms with Crippen LogP contribution in [0.1, 0.15) is 0 Å². The third-order valence-corrected chi connectivity index (χ3v) is 12.8. The summed E-state index contributed by atoms with van der Waals surface area (Å²) in [4.78, 5) is 2.54. The van der Waals surface area contributed by atoms with Crippen molar-refractivity contribution in [2.75, 3.05) is 4.90 Å². The Kier molecular flexibility index (Phi) is 5.33. The molecule has 13 rings (SSSR count). The highest BCUT2D eigenvalue weighted by atomic mass is 32.1. The molecule has 11 aromatic rings. The van der Waals surface area contributed by atoms with Gasteiger partial charge in [0.15, 0.2) is 0 Å². The summed E-state index contributed by atoms with van der Waals surface area (Å²) in [5.41, 5.74) is 16.1. The number of thiophene rings is 1. The average molecular weight is 692 g/mol. The predicted octanol–water partition coefficient (Wildman–Crippen LogP) is 11.8. The van der Waals surface area contributed by atoms with Crippen molar-refractivity contribution in [2.45, 2.75) is 0 Å². The van der Waals surface area contributed by atoms with Crippen LogP contribution >= 0.6 is 11.3 Å². The minimum absolute atomic E-state index is 0.0765. The van der Waals surface area contributed by atoms with Crippen LogP contribution in [0.3, 0.4) is 0 Å². The second kappa shape index (κ2) is 10.1. The third-order valence-electron chi connectivity index (χ3n) is 11.7. The van der Waals surface area contributed by atoms with Crippen LogP contribution in [0.5, 0.6) is 0 Å². The smallest absolute Gasteiger partial charge is 0.248 e. The van der Waals surface area contributed by atoms with Crippen LogP contribution in [0.4, 0.5) is 17.1 Å². The van der Waals surface area contributed by atoms with Crippen molar-refractivity contribution in [3.8, 4) is 22.3 Å². The lowest BCUT2D eigenvalue weighted by Gasteiger charge is -2.37. The number of rotatable bonds is 2. The van der Waals surface area contributed by atoms with Crippen LogP contribution in [-0.4, -0.2) is 6.71 Å². The zero-order valence-electron chi connectivity index (χ0n) is 28.3. The second-order valence-corrected chi connectivity index (χ2v) is 15.4. The maximum absolute atomic E-state index is 6.61. The number of furan rings is 2. The Labute approximate surface area is 308 Å². The molecule has 0 aliphatic carbocycles. The molecule has 0 spiro atoms. The predicted molar refractivity (Wildman–Crippen MR) is 224 cm³/mol. The number of fused-ring (bicyclic) bond motifs is 15. The molecule has 0 radical (unpaired) electrons. The lowest BCUT2D eigenvalue weighted by Crippen LogP contribution is -2.54. The van der Waals surface area contributed by atoms with Crippen molar-refractivity contribution in [3.63, 3.8) is 0 Å². The molecule has 5 heterocycles. The first-order valence-corrected chi connectivity index (χ1v) is 18.9. The number of para-hydroxylation sites is 2. The molecular formula is C48H26BNO2S. The van der Waals surface area contributed by atoms with Crippen molar-refractivity contribution < 1.29 is 8.83 Å². The zero-order chi connectivity index (χ0) is 34.4. The van der Waals surface area contributed by atoms with Crippen LogP contribution < -0.4 is 21.3 Å². The summed E-state index contributed by atoms with van der Waals surface area (Å²) >= 11 is 1.87. The minimum Gasteiger partial charge on any atom is -0.456 e. The van der Waals surface area contributed by atoms with Gasteiger partial charge in [0.2, 0.25) is 6.71 Å². The van der Waals surface area contributed by atoms with Gasteiger partial charge in [0.05, 0.1) is 22.1 Å². The average Bonchev–Trinajstić information content (AvgIpc) is 3.97. The summed E-state index contributed by atoms with van der Waals surface area (Å²) in [5, 5.41) is 7.09. The zero-order valence-corrected chi connectivity index (χ0v) is 29.1. The van der Waals surface area contributed by atoms with E-state index < -0.39 is 0 Å². The highest BCUT2D eigenvalue weighted by molar-refractivity contribution is 7.26. The van der Waals surface area contributed by atoms with Gasteiger partial charge >= 0.3 is 0 Å². The summed E-state index contributed by atoms with van der Waals surface area (Å²) in [7, 11) is 0. The number of nitrogens with zero attached hydrogens (tertiary/aromatic N) is 1. The first kappa shape index (κ1) is 28.1. The Morgan fingerprint density at radius 2 is 1.09 bits per heavy atom. The van der Waals surface area contributed by atoms with Crippen molar-refractivity contribution >= 4 is 116 Å². The largest absolute Gasteiger partial charge is 0.456 e. The van der Waals surface area contributed by atoms with Gasteiger partial charge < -0.3 is 13.7 Å². The van der Waals surface area contributed by atoms with Gasteiger partial charge in [-0.1, -0.05) is 109 Å². The van der Waals surface area contributed by atoms with Crippen LogP contribution in [0, 0.1) is 0 Å². The standard InChI is InChI=1S/C48H26BNO2S/c1-5-16-34-29(11-1)33-25-27(28-15-9-22-43-44(28)32-14-4-8-21-42(32)53-43)26-37-47(33)49(34)35-23-24-41-46(31-13-3-7-19-39(31)52-41)48(35)50(37)36-17-10-20-40-45(36)30-12-2-6-18-38(30)51-40/h1-26H. The van der Waals surface area contributed by atoms with E-state index in [0.29, 0.717) is 0 Å². The quantitative estimate of drug-likeness (QED) is 0.169. The van der Waals surface area contributed by atoms with E-state index in [4.69, 9.17) is 8.83 Å². The molecule has 8 aromatic carbocycles. The molecule has 0 amide bonds. The molecule has 0 atom stereocenters. The monoisotopic (exact) mass is 691 g/mol. The summed E-state index contributed by atoms with van der Waals surface area (Å²) in [5.74, 6) is 0. The molecule has 2 aliphatic heterocycles. The van der Waals surface area contributed by atoms with Crippen LogP contribution in [0.25, 0.3) is 86.3 Å². The molecule has 0 bridgehead atoms. The fourth-order valence-electron chi connectivity index (χ4n) is 9.59. The fraction of sp³-hybridized carbons (Fsp3) is 0. The summed E-state index contributed by atoms with van der Waals surface area (Å²) in [6.45, 7) is 0.0765. The molecule has 0 saturated heterocycles. The van der Waals surface area contributed by atoms with Gasteiger partial charge in [-0.3, -0.25) is 0 Å². The van der Waals surface area contributed by atoms with Gasteiger partial charge in [-0.05, 0) is 87.8 Å². The molecule has 0 fully saturated rings. The molecule has 5 heteroatoms. The van der Waals surface area contributed by atoms with Crippen molar-refractivity contribution in [2.24, 2.45) is 0 Å².